The Morgan fingerprint density at radius 1 is 1.23 bits per heavy atom. The molecule has 2 nitrogen and oxygen atoms in total. The van der Waals surface area contributed by atoms with E-state index in [1.165, 1.54) is 12.8 Å². The first-order valence-electron chi connectivity index (χ1n) is 3.84. The molecule has 0 saturated heterocycles. The highest BCUT2D eigenvalue weighted by atomic mass is 79.9. The third-order valence-electron chi connectivity index (χ3n) is 1.59. The van der Waals surface area contributed by atoms with E-state index in [-0.39, 0.29) is 50.9 Å². The molecule has 0 bridgehead atoms. The highest BCUT2D eigenvalue weighted by molar-refractivity contribution is 4.65. The SMILES string of the molecule is CCCCn1cc[n+](C)c1.[Br-].[Br-].[Br-]. The standard InChI is InChI=1S/C8H15N2.3BrH/c1-3-4-5-10-7-6-9(2)8-10;;;/h6-8H,3-5H2,1-2H3;3*1H/q+1;;;/p-3. The Morgan fingerprint density at radius 2 is 1.85 bits per heavy atom. The molecular weight excluding hydrogens is 364 g/mol. The smallest absolute Gasteiger partial charge is 0.243 e. The molecule has 0 radical (unpaired) electrons. The molecule has 0 aliphatic heterocycles. The lowest BCUT2D eigenvalue weighted by atomic mass is 10.3. The van der Waals surface area contributed by atoms with Crippen molar-refractivity contribution >= 4 is 0 Å². The van der Waals surface area contributed by atoms with E-state index < -0.39 is 0 Å². The summed E-state index contributed by atoms with van der Waals surface area (Å²) in [7, 11) is 2.04. The van der Waals surface area contributed by atoms with Crippen molar-refractivity contribution in [2.75, 3.05) is 0 Å². The minimum Gasteiger partial charge on any atom is -1.00 e. The zero-order valence-corrected chi connectivity index (χ0v) is 12.6. The van der Waals surface area contributed by atoms with E-state index in [1.807, 2.05) is 7.05 Å². The van der Waals surface area contributed by atoms with Crippen molar-refractivity contribution in [3.8, 4) is 0 Å². The summed E-state index contributed by atoms with van der Waals surface area (Å²) in [6, 6.07) is 0. The van der Waals surface area contributed by atoms with Crippen molar-refractivity contribution < 1.29 is 55.5 Å². The summed E-state index contributed by atoms with van der Waals surface area (Å²) in [6.07, 6.45) is 8.82. The molecule has 0 spiro atoms. The fourth-order valence-electron chi connectivity index (χ4n) is 0.975. The molecule has 0 N–H and O–H groups in total. The Balaban J connectivity index is -0.000000333. The average Bonchev–Trinajstić information content (AvgIpc) is 2.31. The monoisotopic (exact) mass is 376 g/mol. The van der Waals surface area contributed by atoms with Crippen LogP contribution in [0.4, 0.5) is 0 Å². The maximum absolute atomic E-state index is 2.21. The Labute approximate surface area is 112 Å². The summed E-state index contributed by atoms with van der Waals surface area (Å²) < 4.78 is 4.28. The van der Waals surface area contributed by atoms with Gasteiger partial charge in [0.15, 0.2) is 0 Å². The van der Waals surface area contributed by atoms with Crippen LogP contribution in [-0.2, 0) is 13.6 Å². The van der Waals surface area contributed by atoms with Gasteiger partial charge in [0.1, 0.15) is 12.4 Å². The van der Waals surface area contributed by atoms with Crippen LogP contribution < -0.4 is 55.5 Å². The van der Waals surface area contributed by atoms with Crippen LogP contribution in [0.3, 0.4) is 0 Å². The molecule has 0 unspecified atom stereocenters. The molecule has 0 aliphatic rings. The third-order valence-corrected chi connectivity index (χ3v) is 1.59. The maximum atomic E-state index is 2.21. The van der Waals surface area contributed by atoms with Gasteiger partial charge in [-0.05, 0) is 6.42 Å². The van der Waals surface area contributed by atoms with Crippen LogP contribution in [0.5, 0.6) is 0 Å². The molecule has 1 aromatic rings. The third kappa shape index (κ3) is 7.70. The largest absolute Gasteiger partial charge is 1.00 e. The predicted molar refractivity (Wildman–Crippen MR) is 40.5 cm³/mol. The van der Waals surface area contributed by atoms with Crippen molar-refractivity contribution in [3.63, 3.8) is 0 Å². The lowest BCUT2D eigenvalue weighted by molar-refractivity contribution is -0.671. The van der Waals surface area contributed by atoms with Gasteiger partial charge in [0.25, 0.3) is 0 Å². The number of imidazole rings is 1. The van der Waals surface area contributed by atoms with Crippen molar-refractivity contribution in [2.24, 2.45) is 7.05 Å². The molecule has 1 rings (SSSR count). The van der Waals surface area contributed by atoms with Crippen LogP contribution in [0.25, 0.3) is 0 Å². The molecule has 0 atom stereocenters. The van der Waals surface area contributed by atoms with Crippen LogP contribution in [0.15, 0.2) is 18.7 Å². The molecule has 0 amide bonds. The van der Waals surface area contributed by atoms with Crippen molar-refractivity contribution in [3.05, 3.63) is 18.7 Å². The first-order chi connectivity index (χ1) is 4.83. The fraction of sp³-hybridized carbons (Fsp3) is 0.625. The summed E-state index contributed by atoms with van der Waals surface area (Å²) in [5.41, 5.74) is 0. The van der Waals surface area contributed by atoms with E-state index in [0.717, 1.165) is 6.54 Å². The normalized spacial score (nSPS) is 7.85. The predicted octanol–water partition coefficient (Wildman–Crippen LogP) is -7.88. The number of nitrogens with zero attached hydrogens (tertiary/aromatic N) is 2. The number of aryl methyl sites for hydroxylation is 2. The second kappa shape index (κ2) is 10.7. The van der Waals surface area contributed by atoms with Crippen LogP contribution in [0, 0.1) is 0 Å². The van der Waals surface area contributed by atoms with Gasteiger partial charge in [-0.15, -0.1) is 0 Å². The molecule has 0 fully saturated rings. The zero-order chi connectivity index (χ0) is 7.40. The number of unbranched alkanes of at least 4 members (excludes halogenated alkanes) is 1. The van der Waals surface area contributed by atoms with Gasteiger partial charge in [-0.1, -0.05) is 13.3 Å². The van der Waals surface area contributed by atoms with Gasteiger partial charge in [-0.2, -0.15) is 0 Å². The summed E-state index contributed by atoms with van der Waals surface area (Å²) >= 11 is 0. The molecule has 0 aromatic carbocycles. The van der Waals surface area contributed by atoms with Crippen LogP contribution in [0.2, 0.25) is 0 Å². The van der Waals surface area contributed by atoms with E-state index in [0.29, 0.717) is 0 Å². The van der Waals surface area contributed by atoms with E-state index >= 15 is 0 Å². The van der Waals surface area contributed by atoms with Gasteiger partial charge >= 0.3 is 0 Å². The van der Waals surface area contributed by atoms with Crippen LogP contribution >= 0.6 is 0 Å². The minimum atomic E-state index is 0. The quantitative estimate of drug-likeness (QED) is 0.462. The average molecular weight is 379 g/mol. The number of aromatic nitrogens is 2. The van der Waals surface area contributed by atoms with Crippen LogP contribution in [0.1, 0.15) is 19.8 Å². The van der Waals surface area contributed by atoms with Gasteiger partial charge in [-0.3, -0.25) is 0 Å². The van der Waals surface area contributed by atoms with Crippen molar-refractivity contribution in [2.45, 2.75) is 26.3 Å². The molecule has 1 aromatic heterocycles. The van der Waals surface area contributed by atoms with Gasteiger partial charge in [0, 0.05) is 0 Å². The fourth-order valence-corrected chi connectivity index (χ4v) is 0.975. The Kier molecular flexibility index (Phi) is 15.9. The summed E-state index contributed by atoms with van der Waals surface area (Å²) in [4.78, 5) is 0. The lowest BCUT2D eigenvalue weighted by Crippen LogP contribution is -3.00. The van der Waals surface area contributed by atoms with E-state index in [4.69, 9.17) is 0 Å². The van der Waals surface area contributed by atoms with Crippen molar-refractivity contribution in [1.82, 2.24) is 4.57 Å². The lowest BCUT2D eigenvalue weighted by Gasteiger charge is -1.90. The van der Waals surface area contributed by atoms with Gasteiger partial charge < -0.3 is 50.9 Å². The molecule has 0 saturated carbocycles. The molecule has 13 heavy (non-hydrogen) atoms. The topological polar surface area (TPSA) is 8.81 Å². The van der Waals surface area contributed by atoms with E-state index in [9.17, 15) is 0 Å². The first-order valence-corrected chi connectivity index (χ1v) is 3.84. The number of rotatable bonds is 3. The first kappa shape index (κ1) is 19.3. The van der Waals surface area contributed by atoms with Crippen LogP contribution in [-0.4, -0.2) is 4.57 Å². The van der Waals surface area contributed by atoms with E-state index in [2.05, 4.69) is 34.8 Å². The number of hydrogen-bond acceptors (Lipinski definition) is 0. The Morgan fingerprint density at radius 3 is 2.23 bits per heavy atom. The van der Waals surface area contributed by atoms with Crippen molar-refractivity contribution in [1.29, 1.82) is 0 Å². The molecule has 80 valence electrons. The van der Waals surface area contributed by atoms with E-state index in [1.54, 1.807) is 0 Å². The molecule has 1 heterocycles. The molecule has 0 aliphatic carbocycles. The molecule has 5 heteroatoms. The van der Waals surface area contributed by atoms with Gasteiger partial charge in [-0.25, -0.2) is 9.13 Å². The summed E-state index contributed by atoms with van der Waals surface area (Å²) in [5, 5.41) is 0. The van der Waals surface area contributed by atoms with Gasteiger partial charge in [0.05, 0.1) is 13.6 Å². The Hall–Kier alpha value is 0.650. The number of hydrogen-bond donors (Lipinski definition) is 0. The second-order valence-corrected chi connectivity index (χ2v) is 2.67. The number of halogens is 3. The second-order valence-electron chi connectivity index (χ2n) is 2.67. The summed E-state index contributed by atoms with van der Waals surface area (Å²) in [6.45, 7) is 3.36. The highest BCUT2D eigenvalue weighted by Crippen LogP contribution is 1.91. The maximum Gasteiger partial charge on any atom is 0.243 e. The zero-order valence-electron chi connectivity index (χ0n) is 7.88. The summed E-state index contributed by atoms with van der Waals surface area (Å²) in [5.74, 6) is 0. The minimum absolute atomic E-state index is 0. The molecular formula is C8H15Br3N2-2. The highest BCUT2D eigenvalue weighted by Gasteiger charge is 1.96. The van der Waals surface area contributed by atoms with Gasteiger partial charge in [0.2, 0.25) is 6.33 Å². The Bertz CT molecular complexity index is 201.